The minimum absolute atomic E-state index is 0.195. The zero-order valence-corrected chi connectivity index (χ0v) is 12.2. The third kappa shape index (κ3) is 2.93. The average Bonchev–Trinajstić information content (AvgIpc) is 2.33. The minimum atomic E-state index is -0.222. The number of carbonyl (C=O) groups is 1. The number of benzene rings is 1. The maximum absolute atomic E-state index is 11.3. The first-order valence-electron chi connectivity index (χ1n) is 6.20. The molecule has 1 aliphatic carbocycles. The zero-order chi connectivity index (χ0) is 13.1. The van der Waals surface area contributed by atoms with E-state index in [1.54, 1.807) is 0 Å². The van der Waals surface area contributed by atoms with E-state index in [4.69, 9.17) is 4.74 Å². The Morgan fingerprint density at radius 3 is 2.72 bits per heavy atom. The highest BCUT2D eigenvalue weighted by atomic mass is 79.9. The van der Waals surface area contributed by atoms with Gasteiger partial charge in [-0.1, -0.05) is 34.1 Å². The molecule has 3 nitrogen and oxygen atoms in total. The predicted molar refractivity (Wildman–Crippen MR) is 74.5 cm³/mol. The monoisotopic (exact) mass is 311 g/mol. The molecule has 18 heavy (non-hydrogen) atoms. The Bertz CT molecular complexity index is 430. The van der Waals surface area contributed by atoms with Gasteiger partial charge in [0.25, 0.3) is 0 Å². The van der Waals surface area contributed by atoms with E-state index < -0.39 is 0 Å². The average molecular weight is 312 g/mol. The summed E-state index contributed by atoms with van der Waals surface area (Å²) in [6.07, 6.45) is 2.15. The van der Waals surface area contributed by atoms with Crippen molar-refractivity contribution in [3.8, 4) is 0 Å². The van der Waals surface area contributed by atoms with E-state index in [-0.39, 0.29) is 12.0 Å². The fraction of sp³-hybridized carbons (Fsp3) is 0.500. The molecule has 1 N–H and O–H groups in total. The molecule has 1 aromatic rings. The van der Waals surface area contributed by atoms with Crippen LogP contribution in [-0.2, 0) is 9.53 Å². The van der Waals surface area contributed by atoms with Crippen LogP contribution in [0.2, 0.25) is 0 Å². The van der Waals surface area contributed by atoms with Crippen molar-refractivity contribution in [1.82, 2.24) is 5.32 Å². The summed E-state index contributed by atoms with van der Waals surface area (Å²) in [5.41, 5.74) is 1.36. The van der Waals surface area contributed by atoms with Gasteiger partial charge >= 0.3 is 5.97 Å². The van der Waals surface area contributed by atoms with Crippen LogP contribution in [0.5, 0.6) is 0 Å². The van der Waals surface area contributed by atoms with E-state index in [9.17, 15) is 4.79 Å². The molecule has 1 aliphatic rings. The summed E-state index contributed by atoms with van der Waals surface area (Å²) in [6, 6.07) is 8.53. The molecular formula is C14H18BrNO2. The lowest BCUT2D eigenvalue weighted by Gasteiger charge is -2.38. The highest BCUT2D eigenvalue weighted by Gasteiger charge is 2.33. The van der Waals surface area contributed by atoms with Crippen LogP contribution in [0.3, 0.4) is 0 Å². The summed E-state index contributed by atoms with van der Waals surface area (Å²) in [5, 5.41) is 3.30. The fourth-order valence-electron chi connectivity index (χ4n) is 2.41. The van der Waals surface area contributed by atoms with Crippen LogP contribution in [-0.4, -0.2) is 25.2 Å². The molecular weight excluding hydrogens is 294 g/mol. The van der Waals surface area contributed by atoms with Gasteiger partial charge < -0.3 is 10.1 Å². The van der Waals surface area contributed by atoms with E-state index in [1.807, 2.05) is 13.0 Å². The third-order valence-electron chi connectivity index (χ3n) is 3.52. The van der Waals surface area contributed by atoms with Crippen molar-refractivity contribution in [2.45, 2.75) is 37.8 Å². The SMILES string of the molecule is COC(=O)C(C)NC1CC(c2ccccc2Br)C1. The third-order valence-corrected chi connectivity index (χ3v) is 4.25. The predicted octanol–water partition coefficient (Wildman–Crippen LogP) is 2.85. The van der Waals surface area contributed by atoms with Crippen LogP contribution >= 0.6 is 15.9 Å². The van der Waals surface area contributed by atoms with Crippen molar-refractivity contribution in [2.24, 2.45) is 0 Å². The van der Waals surface area contributed by atoms with E-state index >= 15 is 0 Å². The van der Waals surface area contributed by atoms with E-state index in [2.05, 4.69) is 39.4 Å². The van der Waals surface area contributed by atoms with Crippen LogP contribution < -0.4 is 5.32 Å². The number of hydrogen-bond acceptors (Lipinski definition) is 3. The number of halogens is 1. The number of rotatable bonds is 4. The van der Waals surface area contributed by atoms with E-state index in [0.29, 0.717) is 12.0 Å². The molecule has 98 valence electrons. The topological polar surface area (TPSA) is 38.3 Å². The Labute approximate surface area is 116 Å². The maximum Gasteiger partial charge on any atom is 0.322 e. The van der Waals surface area contributed by atoms with Crippen LogP contribution in [0.4, 0.5) is 0 Å². The molecule has 1 atom stereocenters. The Kier molecular flexibility index (Phi) is 4.40. The smallest absolute Gasteiger partial charge is 0.322 e. The van der Waals surface area contributed by atoms with Gasteiger partial charge in [-0.2, -0.15) is 0 Å². The van der Waals surface area contributed by atoms with Gasteiger partial charge in [-0.3, -0.25) is 4.79 Å². The molecule has 0 aliphatic heterocycles. The number of esters is 1. The van der Waals surface area contributed by atoms with Gasteiger partial charge in [-0.05, 0) is 37.3 Å². The zero-order valence-electron chi connectivity index (χ0n) is 10.7. The van der Waals surface area contributed by atoms with Gasteiger partial charge in [-0.25, -0.2) is 0 Å². The summed E-state index contributed by atoms with van der Waals surface area (Å²) < 4.78 is 5.88. The van der Waals surface area contributed by atoms with Crippen LogP contribution in [0.25, 0.3) is 0 Å². The molecule has 0 heterocycles. The highest BCUT2D eigenvalue weighted by Crippen LogP contribution is 2.40. The first-order chi connectivity index (χ1) is 8.61. The largest absolute Gasteiger partial charge is 0.468 e. The highest BCUT2D eigenvalue weighted by molar-refractivity contribution is 9.10. The Morgan fingerprint density at radius 2 is 2.11 bits per heavy atom. The first-order valence-corrected chi connectivity index (χ1v) is 6.99. The molecule has 1 aromatic carbocycles. The molecule has 0 amide bonds. The standard InChI is InChI=1S/C14H18BrNO2/c1-9(14(17)18-2)16-11-7-10(8-11)12-5-3-4-6-13(12)15/h3-6,9-11,16H,7-8H2,1-2H3. The molecule has 1 fully saturated rings. The first kappa shape index (κ1) is 13.6. The maximum atomic E-state index is 11.3. The van der Waals surface area contributed by atoms with Crippen molar-refractivity contribution >= 4 is 21.9 Å². The van der Waals surface area contributed by atoms with Gasteiger partial charge in [-0.15, -0.1) is 0 Å². The van der Waals surface area contributed by atoms with Crippen LogP contribution in [0, 0.1) is 0 Å². The Balaban J connectivity index is 1.84. The summed E-state index contributed by atoms with van der Waals surface area (Å²) in [7, 11) is 1.42. The normalized spacial score (nSPS) is 24.2. The molecule has 0 radical (unpaired) electrons. The molecule has 4 heteroatoms. The van der Waals surface area contributed by atoms with Crippen molar-refractivity contribution in [3.05, 3.63) is 34.3 Å². The molecule has 1 saturated carbocycles. The molecule has 0 bridgehead atoms. The molecule has 0 spiro atoms. The van der Waals surface area contributed by atoms with Gasteiger partial charge in [0.2, 0.25) is 0 Å². The van der Waals surface area contributed by atoms with E-state index in [1.165, 1.54) is 17.1 Å². The summed E-state index contributed by atoms with van der Waals surface area (Å²) in [4.78, 5) is 11.3. The number of ether oxygens (including phenoxy) is 1. The summed E-state index contributed by atoms with van der Waals surface area (Å²) >= 11 is 3.58. The van der Waals surface area contributed by atoms with Gasteiger partial charge in [0.1, 0.15) is 6.04 Å². The number of nitrogens with one attached hydrogen (secondary N) is 1. The number of carbonyl (C=O) groups excluding carboxylic acids is 1. The fourth-order valence-corrected chi connectivity index (χ4v) is 3.02. The second-order valence-corrected chi connectivity index (χ2v) is 5.65. The molecule has 0 saturated heterocycles. The van der Waals surface area contributed by atoms with Gasteiger partial charge in [0.05, 0.1) is 7.11 Å². The molecule has 0 aromatic heterocycles. The van der Waals surface area contributed by atoms with Crippen LogP contribution in [0.1, 0.15) is 31.2 Å². The lowest BCUT2D eigenvalue weighted by atomic mass is 9.75. The lowest BCUT2D eigenvalue weighted by Crippen LogP contribution is -2.47. The number of methoxy groups -OCH3 is 1. The van der Waals surface area contributed by atoms with Gasteiger partial charge in [0.15, 0.2) is 0 Å². The number of hydrogen-bond donors (Lipinski definition) is 1. The molecule has 1 unspecified atom stereocenters. The summed E-state index contributed by atoms with van der Waals surface area (Å²) in [6.45, 7) is 1.84. The Morgan fingerprint density at radius 1 is 1.44 bits per heavy atom. The second kappa shape index (κ2) is 5.85. The van der Waals surface area contributed by atoms with E-state index in [0.717, 1.165) is 12.8 Å². The summed E-state index contributed by atoms with van der Waals surface area (Å²) in [5.74, 6) is 0.391. The lowest BCUT2D eigenvalue weighted by molar-refractivity contribution is -0.143. The van der Waals surface area contributed by atoms with Crippen molar-refractivity contribution in [2.75, 3.05) is 7.11 Å². The quantitative estimate of drug-likeness (QED) is 0.869. The second-order valence-electron chi connectivity index (χ2n) is 4.80. The van der Waals surface area contributed by atoms with Crippen molar-refractivity contribution in [3.63, 3.8) is 0 Å². The molecule has 2 rings (SSSR count). The Hall–Kier alpha value is -0.870. The van der Waals surface area contributed by atoms with Crippen molar-refractivity contribution < 1.29 is 9.53 Å². The van der Waals surface area contributed by atoms with Crippen LogP contribution in [0.15, 0.2) is 28.7 Å². The van der Waals surface area contributed by atoms with Gasteiger partial charge in [0, 0.05) is 10.5 Å². The van der Waals surface area contributed by atoms with Crippen molar-refractivity contribution in [1.29, 1.82) is 0 Å². The minimum Gasteiger partial charge on any atom is -0.468 e.